The molecule has 3 heteroatoms. The molecule has 0 heterocycles. The van der Waals surface area contributed by atoms with Crippen molar-refractivity contribution in [3.8, 4) is 6.07 Å². The second kappa shape index (κ2) is 5.97. The van der Waals surface area contributed by atoms with Gasteiger partial charge in [-0.2, -0.15) is 5.26 Å². The Morgan fingerprint density at radius 1 is 1.10 bits per heavy atom. The second-order valence-corrected chi connectivity index (χ2v) is 6.10. The molecule has 2 rings (SSSR count). The van der Waals surface area contributed by atoms with E-state index in [-0.39, 0.29) is 11.2 Å². The van der Waals surface area contributed by atoms with Crippen LogP contribution in [0.4, 0.5) is 10.1 Å². The Morgan fingerprint density at radius 3 is 2.29 bits per heavy atom. The standard InChI is InChI=1S/C18H19FN2/c1-18(2,3)15-6-8-16(9-7-15)21-12-14-5-4-13(11-20)10-17(14)19/h4-10,21H,12H2,1-3H3. The summed E-state index contributed by atoms with van der Waals surface area (Å²) in [7, 11) is 0. The number of hydrogen-bond acceptors (Lipinski definition) is 2. The number of hydrogen-bond donors (Lipinski definition) is 1. The Kier molecular flexibility index (Phi) is 4.28. The topological polar surface area (TPSA) is 35.8 Å². The molecule has 0 radical (unpaired) electrons. The summed E-state index contributed by atoms with van der Waals surface area (Å²) in [4.78, 5) is 0. The van der Waals surface area contributed by atoms with Crippen molar-refractivity contribution >= 4 is 5.69 Å². The molecule has 0 spiro atoms. The molecule has 0 atom stereocenters. The highest BCUT2D eigenvalue weighted by Gasteiger charge is 2.12. The van der Waals surface area contributed by atoms with Gasteiger partial charge < -0.3 is 5.32 Å². The van der Waals surface area contributed by atoms with Crippen LogP contribution in [0.2, 0.25) is 0 Å². The van der Waals surface area contributed by atoms with Crippen molar-refractivity contribution in [1.29, 1.82) is 5.26 Å². The maximum atomic E-state index is 13.8. The molecule has 0 aliphatic rings. The molecule has 0 amide bonds. The predicted molar refractivity (Wildman–Crippen MR) is 83.6 cm³/mol. The van der Waals surface area contributed by atoms with E-state index in [1.165, 1.54) is 11.6 Å². The van der Waals surface area contributed by atoms with Crippen LogP contribution in [0.15, 0.2) is 42.5 Å². The van der Waals surface area contributed by atoms with E-state index >= 15 is 0 Å². The molecule has 0 aliphatic carbocycles. The summed E-state index contributed by atoms with van der Waals surface area (Å²) < 4.78 is 13.8. The fraction of sp³-hybridized carbons (Fsp3) is 0.278. The highest BCUT2D eigenvalue weighted by Crippen LogP contribution is 2.23. The number of benzene rings is 2. The first-order valence-electron chi connectivity index (χ1n) is 6.93. The van der Waals surface area contributed by atoms with Crippen molar-refractivity contribution in [3.05, 3.63) is 65.0 Å². The van der Waals surface area contributed by atoms with Crippen LogP contribution in [0.5, 0.6) is 0 Å². The smallest absolute Gasteiger partial charge is 0.129 e. The van der Waals surface area contributed by atoms with E-state index in [0.717, 1.165) is 5.69 Å². The van der Waals surface area contributed by atoms with Gasteiger partial charge in [-0.1, -0.05) is 39.0 Å². The minimum absolute atomic E-state index is 0.123. The van der Waals surface area contributed by atoms with Crippen molar-refractivity contribution in [3.63, 3.8) is 0 Å². The number of anilines is 1. The Labute approximate surface area is 125 Å². The largest absolute Gasteiger partial charge is 0.381 e. The van der Waals surface area contributed by atoms with Crippen LogP contribution < -0.4 is 5.32 Å². The molecule has 0 fully saturated rings. The maximum Gasteiger partial charge on any atom is 0.129 e. The Morgan fingerprint density at radius 2 is 1.76 bits per heavy atom. The van der Waals surface area contributed by atoms with E-state index in [9.17, 15) is 4.39 Å². The number of nitrogens with zero attached hydrogens (tertiary/aromatic N) is 1. The molecule has 0 aliphatic heterocycles. The van der Waals surface area contributed by atoms with Crippen LogP contribution in [0.25, 0.3) is 0 Å². The molecular formula is C18H19FN2. The third-order valence-corrected chi connectivity index (χ3v) is 3.42. The number of nitrogens with one attached hydrogen (secondary N) is 1. The molecule has 0 saturated carbocycles. The first kappa shape index (κ1) is 15.1. The summed E-state index contributed by atoms with van der Waals surface area (Å²) in [5.74, 6) is -0.354. The van der Waals surface area contributed by atoms with Gasteiger partial charge in [0.2, 0.25) is 0 Å². The normalized spacial score (nSPS) is 11.0. The Hall–Kier alpha value is -2.34. The second-order valence-electron chi connectivity index (χ2n) is 6.10. The van der Waals surface area contributed by atoms with Gasteiger partial charge in [-0.15, -0.1) is 0 Å². The van der Waals surface area contributed by atoms with Gasteiger partial charge >= 0.3 is 0 Å². The van der Waals surface area contributed by atoms with Gasteiger partial charge in [0, 0.05) is 17.8 Å². The summed E-state index contributed by atoms with van der Waals surface area (Å²) in [6, 6.07) is 14.6. The first-order valence-corrected chi connectivity index (χ1v) is 6.93. The average Bonchev–Trinajstić information content (AvgIpc) is 2.45. The third kappa shape index (κ3) is 3.82. The summed E-state index contributed by atoms with van der Waals surface area (Å²) in [5, 5.41) is 11.9. The van der Waals surface area contributed by atoms with Gasteiger partial charge in [-0.3, -0.25) is 0 Å². The quantitative estimate of drug-likeness (QED) is 0.892. The van der Waals surface area contributed by atoms with E-state index in [1.807, 2.05) is 18.2 Å². The molecular weight excluding hydrogens is 263 g/mol. The monoisotopic (exact) mass is 282 g/mol. The van der Waals surface area contributed by atoms with Crippen molar-refractivity contribution < 1.29 is 4.39 Å². The van der Waals surface area contributed by atoms with Gasteiger partial charge in [-0.25, -0.2) is 4.39 Å². The van der Waals surface area contributed by atoms with Crippen molar-refractivity contribution in [2.24, 2.45) is 0 Å². The van der Waals surface area contributed by atoms with Gasteiger partial charge in [0.1, 0.15) is 5.82 Å². The van der Waals surface area contributed by atoms with Gasteiger partial charge in [0.15, 0.2) is 0 Å². The van der Waals surface area contributed by atoms with Gasteiger partial charge in [-0.05, 0) is 35.2 Å². The summed E-state index contributed by atoms with van der Waals surface area (Å²) in [6.45, 7) is 6.90. The zero-order valence-corrected chi connectivity index (χ0v) is 12.6. The van der Waals surface area contributed by atoms with Gasteiger partial charge in [0.05, 0.1) is 11.6 Å². The lowest BCUT2D eigenvalue weighted by Gasteiger charge is -2.19. The van der Waals surface area contributed by atoms with Crippen LogP contribution in [-0.2, 0) is 12.0 Å². The minimum Gasteiger partial charge on any atom is -0.381 e. The number of halogens is 1. The molecule has 1 N–H and O–H groups in total. The van der Waals surface area contributed by atoms with E-state index in [0.29, 0.717) is 17.7 Å². The average molecular weight is 282 g/mol. The van der Waals surface area contributed by atoms with Crippen LogP contribution in [-0.4, -0.2) is 0 Å². The molecule has 108 valence electrons. The fourth-order valence-corrected chi connectivity index (χ4v) is 2.05. The van der Waals surface area contributed by atoms with Crippen molar-refractivity contribution in [2.75, 3.05) is 5.32 Å². The molecule has 0 saturated heterocycles. The molecule has 0 unspecified atom stereocenters. The lowest BCUT2D eigenvalue weighted by Crippen LogP contribution is -2.10. The lowest BCUT2D eigenvalue weighted by molar-refractivity contribution is 0.590. The van der Waals surface area contributed by atoms with Crippen LogP contribution in [0.1, 0.15) is 37.5 Å². The van der Waals surface area contributed by atoms with E-state index in [2.05, 4.69) is 38.2 Å². The summed E-state index contributed by atoms with van der Waals surface area (Å²) in [5.41, 5.74) is 3.22. The summed E-state index contributed by atoms with van der Waals surface area (Å²) >= 11 is 0. The predicted octanol–water partition coefficient (Wildman–Crippen LogP) is 4.61. The van der Waals surface area contributed by atoms with Crippen molar-refractivity contribution in [2.45, 2.75) is 32.7 Å². The van der Waals surface area contributed by atoms with E-state index < -0.39 is 0 Å². The molecule has 2 aromatic rings. The Balaban J connectivity index is 2.05. The number of rotatable bonds is 3. The molecule has 0 bridgehead atoms. The molecule has 2 aromatic carbocycles. The maximum absolute atomic E-state index is 13.8. The molecule has 0 aromatic heterocycles. The van der Waals surface area contributed by atoms with Gasteiger partial charge in [0.25, 0.3) is 0 Å². The van der Waals surface area contributed by atoms with E-state index in [4.69, 9.17) is 5.26 Å². The molecule has 21 heavy (non-hydrogen) atoms. The number of nitriles is 1. The van der Waals surface area contributed by atoms with Crippen molar-refractivity contribution in [1.82, 2.24) is 0 Å². The first-order chi connectivity index (χ1) is 9.90. The SMILES string of the molecule is CC(C)(C)c1ccc(NCc2ccc(C#N)cc2F)cc1. The highest BCUT2D eigenvalue weighted by atomic mass is 19.1. The van der Waals surface area contributed by atoms with E-state index in [1.54, 1.807) is 12.1 Å². The zero-order chi connectivity index (χ0) is 15.5. The molecule has 2 nitrogen and oxygen atoms in total. The minimum atomic E-state index is -0.354. The zero-order valence-electron chi connectivity index (χ0n) is 12.6. The fourth-order valence-electron chi connectivity index (χ4n) is 2.05. The lowest BCUT2D eigenvalue weighted by atomic mass is 9.87. The van der Waals surface area contributed by atoms with Crippen LogP contribution >= 0.6 is 0 Å². The summed E-state index contributed by atoms with van der Waals surface area (Å²) in [6.07, 6.45) is 0. The van der Waals surface area contributed by atoms with Crippen LogP contribution in [0.3, 0.4) is 0 Å². The third-order valence-electron chi connectivity index (χ3n) is 3.42. The highest BCUT2D eigenvalue weighted by molar-refractivity contribution is 5.46. The Bertz CT molecular complexity index is 661. The van der Waals surface area contributed by atoms with Crippen LogP contribution in [0, 0.1) is 17.1 Å².